The average Bonchev–Trinajstić information content (AvgIpc) is 3.07. The van der Waals surface area contributed by atoms with Crippen molar-refractivity contribution in [3.05, 3.63) is 54.6 Å². The summed E-state index contributed by atoms with van der Waals surface area (Å²) < 4.78 is 0. The van der Waals surface area contributed by atoms with Crippen LogP contribution < -0.4 is 4.90 Å². The zero-order valence-corrected chi connectivity index (χ0v) is 13.4. The third-order valence-electron chi connectivity index (χ3n) is 3.93. The van der Waals surface area contributed by atoms with Crippen LogP contribution in [-0.4, -0.2) is 29.5 Å². The van der Waals surface area contributed by atoms with Crippen molar-refractivity contribution in [3.63, 3.8) is 0 Å². The van der Waals surface area contributed by atoms with Crippen LogP contribution in [0.15, 0.2) is 64.8 Å². The van der Waals surface area contributed by atoms with Gasteiger partial charge < -0.3 is 4.90 Å². The van der Waals surface area contributed by atoms with E-state index in [1.807, 2.05) is 50.5 Å². The maximum absolute atomic E-state index is 4.44. The number of aromatic nitrogens is 3. The Kier molecular flexibility index (Phi) is 3.42. The largest absolute Gasteiger partial charge is 0.377 e. The summed E-state index contributed by atoms with van der Waals surface area (Å²) in [5.74, 6) is 0. The molecule has 1 aromatic heterocycles. The second kappa shape index (κ2) is 5.73. The highest BCUT2D eigenvalue weighted by molar-refractivity contribution is 6.01. The van der Waals surface area contributed by atoms with Gasteiger partial charge in [-0.25, -0.2) is 0 Å². The molecule has 4 aromatic rings. The number of fused-ring (bicyclic) bond motifs is 2. The monoisotopic (exact) mass is 316 g/mol. The van der Waals surface area contributed by atoms with Crippen LogP contribution in [0.5, 0.6) is 0 Å². The van der Waals surface area contributed by atoms with Crippen molar-refractivity contribution in [2.24, 2.45) is 10.2 Å². The van der Waals surface area contributed by atoms with Gasteiger partial charge in [-0.05, 0) is 30.3 Å². The Morgan fingerprint density at radius 1 is 0.833 bits per heavy atom. The Labute approximate surface area is 138 Å². The molecule has 0 spiro atoms. The summed E-state index contributed by atoms with van der Waals surface area (Å²) in [7, 11) is 4.08. The number of rotatable bonds is 3. The molecule has 0 atom stereocenters. The van der Waals surface area contributed by atoms with Gasteiger partial charge >= 0.3 is 0 Å². The number of benzene rings is 3. The van der Waals surface area contributed by atoms with Crippen LogP contribution in [0, 0.1) is 0 Å². The predicted octanol–water partition coefficient (Wildman–Crippen LogP) is 4.59. The standard InChI is InChI=1S/C18H16N6/c1-24(2)18-10-9-15(13-5-3-4-6-14(13)18)20-19-12-7-8-16-17(11-12)22-23-21-16/h3-11H,1-2H3,(H,21,22,23). The van der Waals surface area contributed by atoms with E-state index in [0.29, 0.717) is 0 Å². The molecule has 0 aliphatic heterocycles. The van der Waals surface area contributed by atoms with E-state index in [2.05, 4.69) is 48.7 Å². The van der Waals surface area contributed by atoms with Crippen molar-refractivity contribution in [1.82, 2.24) is 15.4 Å². The molecule has 0 saturated carbocycles. The number of anilines is 1. The first-order valence-corrected chi connectivity index (χ1v) is 7.64. The van der Waals surface area contributed by atoms with E-state index < -0.39 is 0 Å². The number of hydrogen-bond acceptors (Lipinski definition) is 5. The van der Waals surface area contributed by atoms with Crippen LogP contribution >= 0.6 is 0 Å². The summed E-state index contributed by atoms with van der Waals surface area (Å²) in [5, 5.41) is 21.7. The topological polar surface area (TPSA) is 69.5 Å². The van der Waals surface area contributed by atoms with Gasteiger partial charge in [0.25, 0.3) is 0 Å². The van der Waals surface area contributed by atoms with E-state index in [0.717, 1.165) is 38.9 Å². The van der Waals surface area contributed by atoms with Crippen molar-refractivity contribution in [1.29, 1.82) is 0 Å². The Morgan fingerprint density at radius 3 is 2.46 bits per heavy atom. The highest BCUT2D eigenvalue weighted by atomic mass is 15.3. The summed E-state index contributed by atoms with van der Waals surface area (Å²) in [6.45, 7) is 0. The fraction of sp³-hybridized carbons (Fsp3) is 0.111. The van der Waals surface area contributed by atoms with Crippen LogP contribution in [0.4, 0.5) is 17.1 Å². The molecular weight excluding hydrogens is 300 g/mol. The first-order chi connectivity index (χ1) is 11.7. The summed E-state index contributed by atoms with van der Waals surface area (Å²) >= 11 is 0. The molecule has 0 bridgehead atoms. The molecule has 0 fully saturated rings. The van der Waals surface area contributed by atoms with Gasteiger partial charge in [-0.2, -0.15) is 20.5 Å². The molecule has 3 aromatic carbocycles. The lowest BCUT2D eigenvalue weighted by Crippen LogP contribution is -2.08. The van der Waals surface area contributed by atoms with E-state index in [1.165, 1.54) is 0 Å². The quantitative estimate of drug-likeness (QED) is 0.562. The maximum Gasteiger partial charge on any atom is 0.115 e. The predicted molar refractivity (Wildman–Crippen MR) is 96.3 cm³/mol. The molecule has 0 amide bonds. The van der Waals surface area contributed by atoms with Gasteiger partial charge in [-0.3, -0.25) is 0 Å². The van der Waals surface area contributed by atoms with Crippen LogP contribution in [0.2, 0.25) is 0 Å². The molecule has 1 N–H and O–H groups in total. The molecule has 0 aliphatic rings. The first kappa shape index (κ1) is 14.3. The minimum absolute atomic E-state index is 0.747. The first-order valence-electron chi connectivity index (χ1n) is 7.64. The van der Waals surface area contributed by atoms with Crippen LogP contribution in [0.3, 0.4) is 0 Å². The van der Waals surface area contributed by atoms with E-state index >= 15 is 0 Å². The average molecular weight is 316 g/mol. The Hall–Kier alpha value is -3.28. The minimum Gasteiger partial charge on any atom is -0.377 e. The lowest BCUT2D eigenvalue weighted by Gasteiger charge is -2.16. The lowest BCUT2D eigenvalue weighted by atomic mass is 10.1. The molecule has 6 heteroatoms. The zero-order valence-electron chi connectivity index (χ0n) is 13.4. The van der Waals surface area contributed by atoms with Gasteiger partial charge in [0.1, 0.15) is 11.0 Å². The van der Waals surface area contributed by atoms with Gasteiger partial charge in [0, 0.05) is 30.6 Å². The van der Waals surface area contributed by atoms with Gasteiger partial charge in [-0.15, -0.1) is 5.11 Å². The number of aromatic amines is 1. The normalized spacial score (nSPS) is 11.6. The Bertz CT molecular complexity index is 1050. The molecule has 0 aliphatic carbocycles. The lowest BCUT2D eigenvalue weighted by molar-refractivity contribution is 0.959. The number of H-pyrrole nitrogens is 1. The van der Waals surface area contributed by atoms with Crippen molar-refractivity contribution < 1.29 is 0 Å². The molecule has 6 nitrogen and oxygen atoms in total. The van der Waals surface area contributed by atoms with E-state index in [4.69, 9.17) is 0 Å². The van der Waals surface area contributed by atoms with E-state index in [-0.39, 0.29) is 0 Å². The van der Waals surface area contributed by atoms with Crippen LogP contribution in [0.1, 0.15) is 0 Å². The van der Waals surface area contributed by atoms with E-state index in [1.54, 1.807) is 0 Å². The number of azo groups is 1. The van der Waals surface area contributed by atoms with Gasteiger partial charge in [-0.1, -0.05) is 24.3 Å². The second-order valence-electron chi connectivity index (χ2n) is 5.74. The number of hydrogen-bond donors (Lipinski definition) is 1. The fourth-order valence-corrected chi connectivity index (χ4v) is 2.75. The summed E-state index contributed by atoms with van der Waals surface area (Å²) in [5.41, 5.74) is 4.34. The van der Waals surface area contributed by atoms with Crippen molar-refractivity contribution in [3.8, 4) is 0 Å². The SMILES string of the molecule is CN(C)c1ccc(N=Nc2ccc3n[nH]nc3c2)c2ccccc12. The highest BCUT2D eigenvalue weighted by Crippen LogP contribution is 2.34. The summed E-state index contributed by atoms with van der Waals surface area (Å²) in [6, 6.07) is 17.9. The van der Waals surface area contributed by atoms with Gasteiger partial charge in [0.2, 0.25) is 0 Å². The molecule has 0 saturated heterocycles. The molecule has 0 radical (unpaired) electrons. The van der Waals surface area contributed by atoms with Gasteiger partial charge in [0.05, 0.1) is 11.4 Å². The number of nitrogens with zero attached hydrogens (tertiary/aromatic N) is 5. The summed E-state index contributed by atoms with van der Waals surface area (Å²) in [4.78, 5) is 2.10. The van der Waals surface area contributed by atoms with E-state index in [9.17, 15) is 0 Å². The maximum atomic E-state index is 4.44. The highest BCUT2D eigenvalue weighted by Gasteiger charge is 2.07. The Balaban J connectivity index is 1.77. The molecule has 0 unspecified atom stereocenters. The second-order valence-corrected chi connectivity index (χ2v) is 5.74. The molecule has 118 valence electrons. The van der Waals surface area contributed by atoms with Crippen LogP contribution in [0.25, 0.3) is 21.8 Å². The third kappa shape index (κ3) is 2.48. The smallest absolute Gasteiger partial charge is 0.115 e. The van der Waals surface area contributed by atoms with Crippen molar-refractivity contribution >= 4 is 38.9 Å². The van der Waals surface area contributed by atoms with Gasteiger partial charge in [0.15, 0.2) is 0 Å². The third-order valence-corrected chi connectivity index (χ3v) is 3.93. The molecule has 24 heavy (non-hydrogen) atoms. The van der Waals surface area contributed by atoms with Crippen molar-refractivity contribution in [2.45, 2.75) is 0 Å². The minimum atomic E-state index is 0.747. The summed E-state index contributed by atoms with van der Waals surface area (Å²) in [6.07, 6.45) is 0. The Morgan fingerprint density at radius 2 is 1.62 bits per heavy atom. The molecular formula is C18H16N6. The fourth-order valence-electron chi connectivity index (χ4n) is 2.75. The van der Waals surface area contributed by atoms with Crippen molar-refractivity contribution in [2.75, 3.05) is 19.0 Å². The molecule has 4 rings (SSSR count). The molecule has 1 heterocycles. The van der Waals surface area contributed by atoms with Crippen LogP contribution in [-0.2, 0) is 0 Å². The number of nitrogens with one attached hydrogen (secondary N) is 1. The zero-order chi connectivity index (χ0) is 16.5.